The van der Waals surface area contributed by atoms with Crippen molar-refractivity contribution in [3.05, 3.63) is 0 Å². The van der Waals surface area contributed by atoms with Crippen LogP contribution >= 0.6 is 0 Å². The van der Waals surface area contributed by atoms with Gasteiger partial charge in [-0.15, -0.1) is 0 Å². The third-order valence-corrected chi connectivity index (χ3v) is 2.49. The van der Waals surface area contributed by atoms with E-state index in [4.69, 9.17) is 4.74 Å². The van der Waals surface area contributed by atoms with E-state index in [0.29, 0.717) is 13.0 Å². The number of hydrogen-bond acceptors (Lipinski definition) is 4. The van der Waals surface area contributed by atoms with Gasteiger partial charge in [0.25, 0.3) is 0 Å². The number of amides is 2. The summed E-state index contributed by atoms with van der Waals surface area (Å²) in [6.07, 6.45) is 1.69. The van der Waals surface area contributed by atoms with Crippen LogP contribution in [0.2, 0.25) is 0 Å². The average molecular weight is 286 g/mol. The topological polar surface area (TPSA) is 84.5 Å². The second-order valence-corrected chi connectivity index (χ2v) is 6.36. The lowest BCUT2D eigenvalue weighted by molar-refractivity contribution is -0.128. The molecule has 116 valence electrons. The van der Waals surface area contributed by atoms with Gasteiger partial charge in [0.05, 0.1) is 17.7 Å². The highest BCUT2D eigenvalue weighted by molar-refractivity contribution is 5.84. The second kappa shape index (κ2) is 7.99. The lowest BCUT2D eigenvalue weighted by Gasteiger charge is -2.31. The first-order chi connectivity index (χ1) is 9.11. The van der Waals surface area contributed by atoms with Crippen LogP contribution in [0.15, 0.2) is 0 Å². The quantitative estimate of drug-likeness (QED) is 0.614. The van der Waals surface area contributed by atoms with Crippen molar-refractivity contribution in [2.24, 2.45) is 0 Å². The van der Waals surface area contributed by atoms with Crippen LogP contribution in [-0.2, 0) is 19.1 Å². The van der Waals surface area contributed by atoms with Crippen molar-refractivity contribution in [1.82, 2.24) is 10.6 Å². The molecule has 0 rings (SSSR count). The molecule has 6 nitrogen and oxygen atoms in total. The molecule has 0 aliphatic heterocycles. The monoisotopic (exact) mass is 286 g/mol. The number of rotatable bonds is 9. The predicted octanol–water partition coefficient (Wildman–Crippen LogP) is 0.790. The molecule has 0 bridgehead atoms. The van der Waals surface area contributed by atoms with Gasteiger partial charge < -0.3 is 20.2 Å². The fraction of sp³-hybridized carbons (Fsp3) is 0.786. The maximum absolute atomic E-state index is 12.1. The number of nitrogens with one attached hydrogen (secondary N) is 2. The van der Waals surface area contributed by atoms with Crippen LogP contribution in [0.25, 0.3) is 0 Å². The van der Waals surface area contributed by atoms with Crippen LogP contribution in [0, 0.1) is 0 Å². The van der Waals surface area contributed by atoms with E-state index in [1.54, 1.807) is 0 Å². The van der Waals surface area contributed by atoms with Crippen LogP contribution < -0.4 is 10.6 Å². The lowest BCUT2D eigenvalue weighted by atomic mass is 10.0. The molecule has 0 aliphatic rings. The van der Waals surface area contributed by atoms with E-state index < -0.39 is 11.6 Å². The van der Waals surface area contributed by atoms with Gasteiger partial charge >= 0.3 is 0 Å². The number of carbonyl (C=O) groups excluding carboxylic acids is 3. The molecule has 0 aliphatic carbocycles. The molecule has 2 N–H and O–H groups in total. The Morgan fingerprint density at radius 3 is 2.25 bits per heavy atom. The minimum absolute atomic E-state index is 0.220. The molecule has 20 heavy (non-hydrogen) atoms. The third-order valence-electron chi connectivity index (χ3n) is 2.49. The van der Waals surface area contributed by atoms with Crippen molar-refractivity contribution in [2.75, 3.05) is 6.61 Å². The van der Waals surface area contributed by atoms with Crippen LogP contribution in [0.3, 0.4) is 0 Å². The Morgan fingerprint density at radius 1 is 1.20 bits per heavy atom. The minimum Gasteiger partial charge on any atom is -0.373 e. The Bertz CT molecular complexity index is 335. The first kappa shape index (κ1) is 18.6. The summed E-state index contributed by atoms with van der Waals surface area (Å²) in [6, 6.07) is -0.702. The van der Waals surface area contributed by atoms with Crippen molar-refractivity contribution in [2.45, 2.75) is 64.6 Å². The van der Waals surface area contributed by atoms with Crippen molar-refractivity contribution in [3.8, 4) is 0 Å². The molecular weight excluding hydrogens is 260 g/mol. The lowest BCUT2D eigenvalue weighted by Crippen LogP contribution is -2.54. The highest BCUT2D eigenvalue weighted by Crippen LogP contribution is 2.12. The van der Waals surface area contributed by atoms with Gasteiger partial charge in [0.15, 0.2) is 0 Å². The van der Waals surface area contributed by atoms with Crippen LogP contribution in [0.1, 0.15) is 47.5 Å². The van der Waals surface area contributed by atoms with Gasteiger partial charge in [-0.1, -0.05) is 0 Å². The van der Waals surface area contributed by atoms with E-state index in [0.717, 1.165) is 6.29 Å². The Balaban J connectivity index is 4.50. The van der Waals surface area contributed by atoms with Crippen LogP contribution in [0.5, 0.6) is 0 Å². The summed E-state index contributed by atoms with van der Waals surface area (Å²) in [7, 11) is 0. The van der Waals surface area contributed by atoms with Crippen molar-refractivity contribution < 1.29 is 19.1 Å². The normalized spacial score (nSPS) is 13.4. The molecule has 1 atom stereocenters. The predicted molar refractivity (Wildman–Crippen MR) is 76.2 cm³/mol. The van der Waals surface area contributed by atoms with Gasteiger partial charge in [0.1, 0.15) is 12.3 Å². The number of ether oxygens (including phenoxy) is 1. The second-order valence-electron chi connectivity index (χ2n) is 6.36. The summed E-state index contributed by atoms with van der Waals surface area (Å²) < 4.78 is 5.66. The molecule has 0 spiro atoms. The summed E-state index contributed by atoms with van der Waals surface area (Å²) >= 11 is 0. The molecule has 0 fully saturated rings. The van der Waals surface area contributed by atoms with Gasteiger partial charge in [-0.2, -0.15) is 0 Å². The maximum atomic E-state index is 12.1. The summed E-state index contributed by atoms with van der Waals surface area (Å²) in [6.45, 7) is 9.84. The van der Waals surface area contributed by atoms with Crippen molar-refractivity contribution >= 4 is 18.6 Å². The van der Waals surface area contributed by atoms with E-state index in [1.807, 2.05) is 34.6 Å². The van der Waals surface area contributed by atoms with E-state index >= 15 is 0 Å². The molecule has 6 heteroatoms. The first-order valence-electron chi connectivity index (χ1n) is 6.70. The highest BCUT2D eigenvalue weighted by atomic mass is 16.5. The van der Waals surface area contributed by atoms with Gasteiger partial charge in [0.2, 0.25) is 12.3 Å². The van der Waals surface area contributed by atoms with Crippen LogP contribution in [0.4, 0.5) is 0 Å². The summed E-state index contributed by atoms with van der Waals surface area (Å²) in [4.78, 5) is 32.9. The van der Waals surface area contributed by atoms with E-state index in [-0.39, 0.29) is 24.3 Å². The standard InChI is InChI=1S/C14H26N2O4/c1-13(2,3)20-9-14(4,5)16-12(19)11(15-10-18)7-6-8-17/h8,10-11H,6-7,9H2,1-5H3,(H,15,18)(H,16,19)/t11-/m0/s1. The van der Waals surface area contributed by atoms with Gasteiger partial charge in [-0.05, 0) is 41.0 Å². The molecule has 0 unspecified atom stereocenters. The minimum atomic E-state index is -0.702. The van der Waals surface area contributed by atoms with E-state index in [2.05, 4.69) is 10.6 Å². The maximum Gasteiger partial charge on any atom is 0.243 e. The largest absolute Gasteiger partial charge is 0.373 e. The smallest absolute Gasteiger partial charge is 0.243 e. The van der Waals surface area contributed by atoms with Crippen LogP contribution in [-0.4, -0.2) is 42.4 Å². The molecular formula is C14H26N2O4. The zero-order valence-electron chi connectivity index (χ0n) is 13.0. The zero-order chi connectivity index (χ0) is 15.8. The molecule has 2 amide bonds. The van der Waals surface area contributed by atoms with Gasteiger partial charge in [-0.25, -0.2) is 0 Å². The molecule has 0 radical (unpaired) electrons. The highest BCUT2D eigenvalue weighted by Gasteiger charge is 2.27. The van der Waals surface area contributed by atoms with E-state index in [9.17, 15) is 14.4 Å². The van der Waals surface area contributed by atoms with Gasteiger partial charge in [-0.3, -0.25) is 9.59 Å². The van der Waals surface area contributed by atoms with Gasteiger partial charge in [0, 0.05) is 6.42 Å². The Kier molecular flexibility index (Phi) is 7.42. The third kappa shape index (κ3) is 8.63. The molecule has 0 saturated heterocycles. The molecule has 0 saturated carbocycles. The first-order valence-corrected chi connectivity index (χ1v) is 6.70. The summed E-state index contributed by atoms with van der Waals surface area (Å²) in [5.41, 5.74) is -0.853. The fourth-order valence-electron chi connectivity index (χ4n) is 1.46. The van der Waals surface area contributed by atoms with Crippen molar-refractivity contribution in [3.63, 3.8) is 0 Å². The number of aldehydes is 1. The SMILES string of the molecule is CC(C)(COC(C)(C)C)NC(=O)[C@H](CCC=O)NC=O. The summed E-state index contributed by atoms with van der Waals surface area (Å²) in [5.74, 6) is -0.318. The fourth-order valence-corrected chi connectivity index (χ4v) is 1.46. The Labute approximate surface area is 120 Å². The number of hydrogen-bond donors (Lipinski definition) is 2. The Morgan fingerprint density at radius 2 is 1.80 bits per heavy atom. The molecule has 0 aromatic rings. The number of carbonyl (C=O) groups is 3. The molecule has 0 heterocycles. The molecule has 0 aromatic carbocycles. The van der Waals surface area contributed by atoms with Crippen molar-refractivity contribution in [1.29, 1.82) is 0 Å². The average Bonchev–Trinajstić information content (AvgIpc) is 2.30. The summed E-state index contributed by atoms with van der Waals surface area (Å²) in [5, 5.41) is 5.24. The zero-order valence-corrected chi connectivity index (χ0v) is 13.0. The van der Waals surface area contributed by atoms with E-state index in [1.165, 1.54) is 0 Å². The molecule has 0 aromatic heterocycles. The Hall–Kier alpha value is -1.43.